The van der Waals surface area contributed by atoms with Crippen LogP contribution in [0.3, 0.4) is 0 Å². The number of aromatic amines is 1. The van der Waals surface area contributed by atoms with Gasteiger partial charge >= 0.3 is 0 Å². The molecule has 0 fully saturated rings. The fourth-order valence-corrected chi connectivity index (χ4v) is 5.77. The van der Waals surface area contributed by atoms with Crippen LogP contribution in [0.1, 0.15) is 24.0 Å². The maximum Gasteiger partial charge on any atom is 0.260 e. The van der Waals surface area contributed by atoms with E-state index in [-0.39, 0.29) is 17.2 Å². The van der Waals surface area contributed by atoms with E-state index in [2.05, 4.69) is 33.5 Å². The average molecular weight is 482 g/mol. The standard InChI is InChI=1S/C24H20ClN3O2S2/c25-17-7-9-18(10-8-17)26-20(29)13-32-24-27-22(30)21-19(12-31-23(21)28-24)16-6-5-14-3-1-2-4-15(14)11-16/h5-12H,1-4,13H2,(H,26,29)(H,27,28,30). The quantitative estimate of drug-likeness (QED) is 0.274. The summed E-state index contributed by atoms with van der Waals surface area (Å²) in [6, 6.07) is 13.4. The Hall–Kier alpha value is -2.61. The number of H-pyrrole nitrogens is 1. The summed E-state index contributed by atoms with van der Waals surface area (Å²) in [5.74, 6) is -0.0406. The summed E-state index contributed by atoms with van der Waals surface area (Å²) in [5, 5.41) is 6.46. The zero-order chi connectivity index (χ0) is 22.1. The molecular weight excluding hydrogens is 462 g/mol. The van der Waals surface area contributed by atoms with Crippen LogP contribution in [0, 0.1) is 0 Å². The van der Waals surface area contributed by atoms with E-state index in [0.717, 1.165) is 24.0 Å². The number of thioether (sulfide) groups is 1. The van der Waals surface area contributed by atoms with Crippen LogP contribution in [-0.2, 0) is 17.6 Å². The monoisotopic (exact) mass is 481 g/mol. The second-order valence-corrected chi connectivity index (χ2v) is 9.99. The van der Waals surface area contributed by atoms with Crippen molar-refractivity contribution >= 4 is 56.5 Å². The molecule has 0 unspecified atom stereocenters. The number of hydrogen-bond donors (Lipinski definition) is 2. The van der Waals surface area contributed by atoms with Crippen LogP contribution in [0.25, 0.3) is 21.3 Å². The molecular formula is C24H20ClN3O2S2. The summed E-state index contributed by atoms with van der Waals surface area (Å²) in [6.07, 6.45) is 4.69. The highest BCUT2D eigenvalue weighted by Gasteiger charge is 2.16. The lowest BCUT2D eigenvalue weighted by Crippen LogP contribution is -2.15. The normalized spacial score (nSPS) is 13.2. The SMILES string of the molecule is O=C(CSc1nc2scc(-c3ccc4c(c3)CCCC4)c2c(=O)[nH]1)Nc1ccc(Cl)cc1. The third-order valence-electron chi connectivity index (χ3n) is 5.55. The van der Waals surface area contributed by atoms with Crippen molar-refractivity contribution in [3.8, 4) is 11.1 Å². The number of nitrogens with one attached hydrogen (secondary N) is 2. The van der Waals surface area contributed by atoms with Gasteiger partial charge in [-0.25, -0.2) is 4.98 Å². The van der Waals surface area contributed by atoms with Crippen LogP contribution < -0.4 is 10.9 Å². The molecule has 162 valence electrons. The second-order valence-electron chi connectivity index (χ2n) is 7.73. The molecule has 1 aliphatic carbocycles. The van der Waals surface area contributed by atoms with Gasteiger partial charge in [0, 0.05) is 21.7 Å². The van der Waals surface area contributed by atoms with Gasteiger partial charge in [-0.1, -0.05) is 41.6 Å². The molecule has 1 amide bonds. The van der Waals surface area contributed by atoms with Gasteiger partial charge in [0.05, 0.1) is 11.1 Å². The molecule has 4 aromatic rings. The van der Waals surface area contributed by atoms with Gasteiger partial charge in [-0.3, -0.25) is 9.59 Å². The largest absolute Gasteiger partial charge is 0.325 e. The number of benzene rings is 2. The third-order valence-corrected chi connectivity index (χ3v) is 7.55. The number of aryl methyl sites for hydroxylation is 2. The van der Waals surface area contributed by atoms with E-state index >= 15 is 0 Å². The fraction of sp³-hybridized carbons (Fsp3) is 0.208. The number of anilines is 1. The molecule has 0 bridgehead atoms. The van der Waals surface area contributed by atoms with Crippen LogP contribution in [0.15, 0.2) is 57.8 Å². The summed E-state index contributed by atoms with van der Waals surface area (Å²) in [4.78, 5) is 33.3. The lowest BCUT2D eigenvalue weighted by atomic mass is 9.89. The molecule has 2 aromatic carbocycles. The van der Waals surface area contributed by atoms with Crippen molar-refractivity contribution in [2.75, 3.05) is 11.1 Å². The van der Waals surface area contributed by atoms with Crippen LogP contribution in [-0.4, -0.2) is 21.6 Å². The molecule has 1 aliphatic rings. The Bertz CT molecular complexity index is 1360. The topological polar surface area (TPSA) is 74.8 Å². The van der Waals surface area contributed by atoms with Crippen molar-refractivity contribution in [2.45, 2.75) is 30.8 Å². The summed E-state index contributed by atoms with van der Waals surface area (Å²) < 4.78 is 0. The Labute approximate surface area is 198 Å². The number of halogens is 1. The van der Waals surface area contributed by atoms with E-state index in [0.29, 0.717) is 26.1 Å². The van der Waals surface area contributed by atoms with Gasteiger partial charge in [-0.05, 0) is 66.6 Å². The van der Waals surface area contributed by atoms with E-state index in [1.165, 1.54) is 47.1 Å². The molecule has 0 radical (unpaired) electrons. The van der Waals surface area contributed by atoms with E-state index in [9.17, 15) is 9.59 Å². The average Bonchev–Trinajstić information content (AvgIpc) is 3.24. The van der Waals surface area contributed by atoms with Gasteiger partial charge in [0.1, 0.15) is 4.83 Å². The zero-order valence-corrected chi connectivity index (χ0v) is 19.5. The lowest BCUT2D eigenvalue weighted by molar-refractivity contribution is -0.113. The van der Waals surface area contributed by atoms with Gasteiger partial charge in [0.15, 0.2) is 5.16 Å². The predicted octanol–water partition coefficient (Wildman–Crippen LogP) is 5.91. The fourth-order valence-electron chi connectivity index (χ4n) is 3.98. The maximum atomic E-state index is 12.9. The van der Waals surface area contributed by atoms with Gasteiger partial charge < -0.3 is 10.3 Å². The number of carbonyl (C=O) groups is 1. The Balaban J connectivity index is 1.34. The Morgan fingerprint density at radius 1 is 1.12 bits per heavy atom. The molecule has 0 aliphatic heterocycles. The molecule has 2 N–H and O–H groups in total. The first-order valence-electron chi connectivity index (χ1n) is 10.4. The van der Waals surface area contributed by atoms with E-state index in [1.807, 2.05) is 5.38 Å². The van der Waals surface area contributed by atoms with Gasteiger partial charge in [-0.15, -0.1) is 11.3 Å². The molecule has 0 saturated carbocycles. The highest BCUT2D eigenvalue weighted by molar-refractivity contribution is 7.99. The van der Waals surface area contributed by atoms with Crippen molar-refractivity contribution in [1.29, 1.82) is 0 Å². The molecule has 0 spiro atoms. The number of carbonyl (C=O) groups excluding carboxylic acids is 1. The van der Waals surface area contributed by atoms with Crippen LogP contribution in [0.4, 0.5) is 5.69 Å². The molecule has 5 rings (SSSR count). The molecule has 5 nitrogen and oxygen atoms in total. The number of aromatic nitrogens is 2. The van der Waals surface area contributed by atoms with Crippen LogP contribution >= 0.6 is 34.7 Å². The Morgan fingerprint density at radius 2 is 1.91 bits per heavy atom. The molecule has 0 atom stereocenters. The summed E-state index contributed by atoms with van der Waals surface area (Å²) in [5.41, 5.74) is 5.28. The smallest absolute Gasteiger partial charge is 0.260 e. The predicted molar refractivity (Wildman–Crippen MR) is 133 cm³/mol. The lowest BCUT2D eigenvalue weighted by Gasteiger charge is -2.16. The maximum absolute atomic E-state index is 12.9. The molecule has 0 saturated heterocycles. The first kappa shape index (κ1) is 21.2. The molecule has 32 heavy (non-hydrogen) atoms. The Kier molecular flexibility index (Phi) is 6.04. The van der Waals surface area contributed by atoms with Gasteiger partial charge in [-0.2, -0.15) is 0 Å². The number of rotatable bonds is 5. The van der Waals surface area contributed by atoms with E-state index in [1.54, 1.807) is 24.3 Å². The highest BCUT2D eigenvalue weighted by atomic mass is 35.5. The summed E-state index contributed by atoms with van der Waals surface area (Å²) in [7, 11) is 0. The van der Waals surface area contributed by atoms with Crippen molar-refractivity contribution in [1.82, 2.24) is 9.97 Å². The number of thiophene rings is 1. The Morgan fingerprint density at radius 3 is 2.72 bits per heavy atom. The third kappa shape index (κ3) is 4.46. The minimum Gasteiger partial charge on any atom is -0.325 e. The van der Waals surface area contributed by atoms with Crippen molar-refractivity contribution in [3.05, 3.63) is 74.3 Å². The molecule has 2 aromatic heterocycles. The van der Waals surface area contributed by atoms with E-state index < -0.39 is 0 Å². The first-order valence-corrected chi connectivity index (χ1v) is 12.6. The number of fused-ring (bicyclic) bond motifs is 2. The van der Waals surface area contributed by atoms with E-state index in [4.69, 9.17) is 11.6 Å². The molecule has 8 heteroatoms. The minimum atomic E-state index is -0.180. The van der Waals surface area contributed by atoms with Gasteiger partial charge in [0.2, 0.25) is 5.91 Å². The van der Waals surface area contributed by atoms with Crippen molar-refractivity contribution < 1.29 is 4.79 Å². The van der Waals surface area contributed by atoms with Crippen molar-refractivity contribution in [3.63, 3.8) is 0 Å². The van der Waals surface area contributed by atoms with Crippen LogP contribution in [0.2, 0.25) is 5.02 Å². The summed E-state index contributed by atoms with van der Waals surface area (Å²) in [6.45, 7) is 0. The number of hydrogen-bond acceptors (Lipinski definition) is 5. The zero-order valence-electron chi connectivity index (χ0n) is 17.1. The second kappa shape index (κ2) is 9.10. The van der Waals surface area contributed by atoms with Crippen molar-refractivity contribution in [2.24, 2.45) is 0 Å². The minimum absolute atomic E-state index is 0.139. The first-order chi connectivity index (χ1) is 15.6. The number of nitrogens with zero attached hydrogens (tertiary/aromatic N) is 1. The highest BCUT2D eigenvalue weighted by Crippen LogP contribution is 2.34. The number of amides is 1. The van der Waals surface area contributed by atoms with Crippen LogP contribution in [0.5, 0.6) is 0 Å². The van der Waals surface area contributed by atoms with Gasteiger partial charge in [0.25, 0.3) is 5.56 Å². The summed E-state index contributed by atoms with van der Waals surface area (Å²) >= 11 is 8.53. The molecule has 2 heterocycles.